The molecule has 1 heterocycles. The van der Waals surface area contributed by atoms with Crippen molar-refractivity contribution in [2.75, 3.05) is 18.6 Å². The van der Waals surface area contributed by atoms with Gasteiger partial charge in [0.05, 0.1) is 12.8 Å². The number of carbonyl (C=O) groups is 2. The molecule has 1 amide bonds. The lowest BCUT2D eigenvalue weighted by Gasteiger charge is -2.19. The third kappa shape index (κ3) is 5.41. The minimum Gasteiger partial charge on any atom is -0.488 e. The van der Waals surface area contributed by atoms with Crippen LogP contribution in [0.5, 0.6) is 5.75 Å². The van der Waals surface area contributed by atoms with Crippen molar-refractivity contribution >= 4 is 41.0 Å². The number of carbonyl (C=O) groups excluding carboxylic acids is 2. The second-order valence-corrected chi connectivity index (χ2v) is 8.31. The molecule has 178 valence electrons. The molecule has 1 aliphatic rings. The molecule has 6 nitrogen and oxygen atoms in total. The van der Waals surface area contributed by atoms with Gasteiger partial charge in [-0.25, -0.2) is 0 Å². The molecule has 0 N–H and O–H groups in total. The van der Waals surface area contributed by atoms with Gasteiger partial charge in [0.1, 0.15) is 24.6 Å². The van der Waals surface area contributed by atoms with Crippen LogP contribution in [-0.4, -0.2) is 35.5 Å². The normalized spacial score (nSPS) is 14.5. The highest BCUT2D eigenvalue weighted by atomic mass is 32.1. The van der Waals surface area contributed by atoms with Crippen molar-refractivity contribution in [2.24, 2.45) is 0 Å². The van der Waals surface area contributed by atoms with E-state index in [0.29, 0.717) is 23.6 Å². The number of rotatable bonds is 8. The standard InChI is InChI=1S/C28H26N2O4S/c1-3-20-13-15-23(16-14-20)30-27(32)24(29(28(30)35)18-26(31)33-2)17-22-11-7-8-12-25(22)34-19-21-9-5-4-6-10-21/h4-17H,3,18-19H2,1-2H3/b24-17-. The van der Waals surface area contributed by atoms with Crippen LogP contribution in [0.3, 0.4) is 0 Å². The summed E-state index contributed by atoms with van der Waals surface area (Å²) in [6.07, 6.45) is 2.59. The molecule has 0 aliphatic carbocycles. The van der Waals surface area contributed by atoms with Crippen LogP contribution in [0.15, 0.2) is 84.6 Å². The lowest BCUT2D eigenvalue weighted by Crippen LogP contribution is -2.35. The Morgan fingerprint density at radius 1 is 0.943 bits per heavy atom. The molecule has 1 fully saturated rings. The first-order chi connectivity index (χ1) is 17.0. The van der Waals surface area contributed by atoms with E-state index in [-0.39, 0.29) is 23.3 Å². The van der Waals surface area contributed by atoms with Gasteiger partial charge in [0.15, 0.2) is 5.11 Å². The Morgan fingerprint density at radius 3 is 2.31 bits per heavy atom. The smallest absolute Gasteiger partial charge is 0.325 e. The summed E-state index contributed by atoms with van der Waals surface area (Å²) in [6.45, 7) is 2.27. The number of methoxy groups -OCH3 is 1. The molecule has 0 saturated carbocycles. The highest BCUT2D eigenvalue weighted by Gasteiger charge is 2.40. The number of anilines is 1. The predicted octanol–water partition coefficient (Wildman–Crippen LogP) is 4.98. The van der Waals surface area contributed by atoms with Gasteiger partial charge in [-0.3, -0.25) is 14.5 Å². The first-order valence-corrected chi connectivity index (χ1v) is 11.7. The number of ether oxygens (including phenoxy) is 2. The van der Waals surface area contributed by atoms with Crippen LogP contribution in [0.25, 0.3) is 6.08 Å². The summed E-state index contributed by atoms with van der Waals surface area (Å²) in [5.41, 5.74) is 3.80. The second-order valence-electron chi connectivity index (χ2n) is 7.95. The maximum atomic E-state index is 13.6. The lowest BCUT2D eigenvalue weighted by atomic mass is 10.1. The predicted molar refractivity (Wildman–Crippen MR) is 140 cm³/mol. The van der Waals surface area contributed by atoms with Crippen molar-refractivity contribution < 1.29 is 19.1 Å². The van der Waals surface area contributed by atoms with Gasteiger partial charge in [-0.1, -0.05) is 67.6 Å². The van der Waals surface area contributed by atoms with E-state index in [9.17, 15) is 9.59 Å². The maximum absolute atomic E-state index is 13.6. The Kier molecular flexibility index (Phi) is 7.57. The number of thiocarbonyl (C=S) groups is 1. The zero-order chi connectivity index (χ0) is 24.8. The SMILES string of the molecule is CCc1ccc(N2C(=O)/C(=C/c3ccccc3OCc3ccccc3)N(CC(=O)OC)C2=S)cc1. The number of esters is 1. The Balaban J connectivity index is 1.69. The van der Waals surface area contributed by atoms with Gasteiger partial charge < -0.3 is 14.4 Å². The van der Waals surface area contributed by atoms with Gasteiger partial charge in [0.2, 0.25) is 0 Å². The Labute approximate surface area is 210 Å². The van der Waals surface area contributed by atoms with E-state index in [4.69, 9.17) is 21.7 Å². The number of nitrogens with zero attached hydrogens (tertiary/aromatic N) is 2. The van der Waals surface area contributed by atoms with Crippen molar-refractivity contribution in [3.63, 3.8) is 0 Å². The monoisotopic (exact) mass is 486 g/mol. The molecule has 4 rings (SSSR count). The molecule has 1 aliphatic heterocycles. The summed E-state index contributed by atoms with van der Waals surface area (Å²) in [4.78, 5) is 28.7. The first kappa shape index (κ1) is 24.2. The van der Waals surface area contributed by atoms with Crippen LogP contribution >= 0.6 is 12.2 Å². The minimum atomic E-state index is -0.497. The van der Waals surface area contributed by atoms with Gasteiger partial charge in [-0.15, -0.1) is 0 Å². The number of hydrogen-bond donors (Lipinski definition) is 0. The van der Waals surface area contributed by atoms with Gasteiger partial charge in [0, 0.05) is 5.56 Å². The van der Waals surface area contributed by atoms with E-state index >= 15 is 0 Å². The van der Waals surface area contributed by atoms with Crippen LogP contribution in [0.4, 0.5) is 5.69 Å². The fourth-order valence-corrected chi connectivity index (χ4v) is 4.10. The number of hydrogen-bond acceptors (Lipinski definition) is 5. The molecule has 0 spiro atoms. The summed E-state index contributed by atoms with van der Waals surface area (Å²) in [5, 5.41) is 0.221. The third-order valence-corrected chi connectivity index (χ3v) is 6.10. The maximum Gasteiger partial charge on any atom is 0.325 e. The fraction of sp³-hybridized carbons (Fsp3) is 0.179. The second kappa shape index (κ2) is 11.0. The summed E-state index contributed by atoms with van der Waals surface area (Å²) in [5.74, 6) is -0.199. The van der Waals surface area contributed by atoms with Crippen molar-refractivity contribution in [3.05, 3.63) is 101 Å². The van der Waals surface area contributed by atoms with Crippen molar-refractivity contribution in [3.8, 4) is 5.75 Å². The van der Waals surface area contributed by atoms with E-state index in [1.54, 1.807) is 6.08 Å². The number of benzene rings is 3. The van der Waals surface area contributed by atoms with E-state index in [1.165, 1.54) is 16.9 Å². The quantitative estimate of drug-likeness (QED) is 0.254. The third-order valence-electron chi connectivity index (χ3n) is 5.70. The molecular formula is C28H26N2O4S. The molecule has 35 heavy (non-hydrogen) atoms. The summed E-state index contributed by atoms with van der Waals surface area (Å²) in [7, 11) is 1.31. The Bertz CT molecular complexity index is 1260. The minimum absolute atomic E-state index is 0.177. The average Bonchev–Trinajstić information content (AvgIpc) is 3.12. The summed E-state index contributed by atoms with van der Waals surface area (Å²) >= 11 is 5.64. The molecule has 0 radical (unpaired) electrons. The molecular weight excluding hydrogens is 460 g/mol. The van der Waals surface area contributed by atoms with Crippen molar-refractivity contribution in [1.82, 2.24) is 4.90 Å². The molecule has 0 aromatic heterocycles. The molecule has 3 aromatic rings. The van der Waals surface area contributed by atoms with E-state index in [2.05, 4.69) is 6.92 Å². The Hall–Kier alpha value is -3.97. The molecule has 1 saturated heterocycles. The van der Waals surface area contributed by atoms with Crippen LogP contribution in [-0.2, 0) is 27.4 Å². The van der Waals surface area contributed by atoms with Crippen LogP contribution in [0.1, 0.15) is 23.6 Å². The molecule has 0 unspecified atom stereocenters. The van der Waals surface area contributed by atoms with Gasteiger partial charge >= 0.3 is 5.97 Å². The summed E-state index contributed by atoms with van der Waals surface area (Å²) < 4.78 is 10.9. The van der Waals surface area contributed by atoms with Crippen LogP contribution in [0.2, 0.25) is 0 Å². The van der Waals surface area contributed by atoms with Crippen molar-refractivity contribution in [1.29, 1.82) is 0 Å². The molecule has 0 atom stereocenters. The number of amides is 1. The van der Waals surface area contributed by atoms with Gasteiger partial charge in [-0.05, 0) is 54.0 Å². The topological polar surface area (TPSA) is 59.1 Å². The molecule has 3 aromatic carbocycles. The number of aryl methyl sites for hydroxylation is 1. The lowest BCUT2D eigenvalue weighted by molar-refractivity contribution is -0.140. The van der Waals surface area contributed by atoms with Crippen LogP contribution < -0.4 is 9.64 Å². The summed E-state index contributed by atoms with van der Waals surface area (Å²) in [6, 6.07) is 24.9. The zero-order valence-corrected chi connectivity index (χ0v) is 20.5. The fourth-order valence-electron chi connectivity index (χ4n) is 3.75. The average molecular weight is 487 g/mol. The van der Waals surface area contributed by atoms with Crippen LogP contribution in [0, 0.1) is 0 Å². The van der Waals surface area contributed by atoms with Gasteiger partial charge in [-0.2, -0.15) is 0 Å². The van der Waals surface area contributed by atoms with E-state index in [1.807, 2.05) is 78.9 Å². The highest BCUT2D eigenvalue weighted by Crippen LogP contribution is 2.31. The number of para-hydroxylation sites is 1. The molecule has 0 bridgehead atoms. The highest BCUT2D eigenvalue weighted by molar-refractivity contribution is 7.80. The van der Waals surface area contributed by atoms with Gasteiger partial charge in [0.25, 0.3) is 5.91 Å². The zero-order valence-electron chi connectivity index (χ0n) is 19.6. The largest absolute Gasteiger partial charge is 0.488 e. The van der Waals surface area contributed by atoms with E-state index < -0.39 is 5.97 Å². The van der Waals surface area contributed by atoms with Crippen molar-refractivity contribution in [2.45, 2.75) is 20.0 Å². The Morgan fingerprint density at radius 2 is 1.63 bits per heavy atom. The first-order valence-electron chi connectivity index (χ1n) is 11.3. The molecule has 7 heteroatoms. The van der Waals surface area contributed by atoms with E-state index in [0.717, 1.165) is 17.5 Å².